The van der Waals surface area contributed by atoms with Crippen molar-refractivity contribution in [3.05, 3.63) is 52.8 Å². The van der Waals surface area contributed by atoms with Crippen LogP contribution in [0.5, 0.6) is 0 Å². The molecule has 10 nitrogen and oxygen atoms in total. The van der Waals surface area contributed by atoms with Crippen LogP contribution in [0, 0.1) is 27.7 Å². The second-order valence-electron chi connectivity index (χ2n) is 5.73. The summed E-state index contributed by atoms with van der Waals surface area (Å²) in [5.74, 6) is 0.149. The molecular formula is C15H16N4O6S2. The molecule has 144 valence electrons. The fourth-order valence-corrected chi connectivity index (χ4v) is 5.58. The Kier molecular flexibility index (Phi) is 4.56. The number of sulfonamides is 1. The number of hydrogen-bond acceptors (Lipinski definition) is 8. The van der Waals surface area contributed by atoms with Gasteiger partial charge in [0.05, 0.1) is 0 Å². The van der Waals surface area contributed by atoms with Gasteiger partial charge in [-0.15, -0.1) is 4.40 Å². The van der Waals surface area contributed by atoms with Gasteiger partial charge in [-0.05, 0) is 39.8 Å². The molecule has 0 aliphatic rings. The molecule has 0 radical (unpaired) electrons. The molecule has 0 saturated carbocycles. The van der Waals surface area contributed by atoms with Crippen LogP contribution in [-0.2, 0) is 20.0 Å². The van der Waals surface area contributed by atoms with E-state index in [2.05, 4.69) is 14.7 Å². The van der Waals surface area contributed by atoms with Gasteiger partial charge < -0.3 is 9.05 Å². The first-order valence-electron chi connectivity index (χ1n) is 7.65. The van der Waals surface area contributed by atoms with Gasteiger partial charge in [-0.1, -0.05) is 16.4 Å². The van der Waals surface area contributed by atoms with Crippen LogP contribution >= 0.6 is 0 Å². The summed E-state index contributed by atoms with van der Waals surface area (Å²) >= 11 is 0. The standard InChI is InChI=1S/C15H16N4O6S2/c1-9-14(11(3)24-16-9)26(20,21)18-13-7-5-6-8-19(13)27(22,23)15-10(2)17-25-12(15)4/h5-8H,1-4H3/b18-13+. The second kappa shape index (κ2) is 6.46. The zero-order valence-corrected chi connectivity index (χ0v) is 16.5. The van der Waals surface area contributed by atoms with E-state index in [4.69, 9.17) is 9.05 Å². The van der Waals surface area contributed by atoms with Gasteiger partial charge in [-0.2, -0.15) is 8.42 Å². The van der Waals surface area contributed by atoms with Gasteiger partial charge in [0.1, 0.15) is 11.4 Å². The Morgan fingerprint density at radius 1 is 0.889 bits per heavy atom. The molecule has 0 amide bonds. The van der Waals surface area contributed by atoms with Crippen molar-refractivity contribution in [1.82, 2.24) is 14.3 Å². The van der Waals surface area contributed by atoms with E-state index in [0.29, 0.717) is 0 Å². The maximum atomic E-state index is 13.0. The molecule has 0 bridgehead atoms. The van der Waals surface area contributed by atoms with Crippen molar-refractivity contribution < 1.29 is 25.9 Å². The van der Waals surface area contributed by atoms with Gasteiger partial charge in [0.15, 0.2) is 26.8 Å². The van der Waals surface area contributed by atoms with Crippen molar-refractivity contribution in [1.29, 1.82) is 0 Å². The molecule has 0 aliphatic carbocycles. The van der Waals surface area contributed by atoms with Crippen LogP contribution in [0.15, 0.2) is 47.6 Å². The molecule has 0 spiro atoms. The molecule has 0 aromatic carbocycles. The lowest BCUT2D eigenvalue weighted by Crippen LogP contribution is -2.29. The molecule has 0 fully saturated rings. The van der Waals surface area contributed by atoms with Gasteiger partial charge in [0.25, 0.3) is 20.0 Å². The molecule has 12 heteroatoms. The summed E-state index contributed by atoms with van der Waals surface area (Å²) in [6, 6.07) is 4.18. The third-order valence-electron chi connectivity index (χ3n) is 3.73. The molecular weight excluding hydrogens is 396 g/mol. The zero-order chi connectivity index (χ0) is 20.0. The first kappa shape index (κ1) is 19.0. The molecule has 3 aromatic rings. The summed E-state index contributed by atoms with van der Waals surface area (Å²) in [5, 5.41) is 7.24. The van der Waals surface area contributed by atoms with E-state index in [1.807, 2.05) is 0 Å². The fraction of sp³-hybridized carbons (Fsp3) is 0.267. The van der Waals surface area contributed by atoms with Crippen molar-refractivity contribution in [2.45, 2.75) is 37.5 Å². The maximum Gasteiger partial charge on any atom is 0.289 e. The van der Waals surface area contributed by atoms with E-state index in [9.17, 15) is 16.8 Å². The summed E-state index contributed by atoms with van der Waals surface area (Å²) in [6.07, 6.45) is 1.20. The van der Waals surface area contributed by atoms with Crippen LogP contribution in [0.25, 0.3) is 0 Å². The van der Waals surface area contributed by atoms with E-state index < -0.39 is 20.0 Å². The monoisotopic (exact) mass is 412 g/mol. The quantitative estimate of drug-likeness (QED) is 0.623. The molecule has 3 rings (SSSR count). The van der Waals surface area contributed by atoms with Gasteiger partial charge in [-0.25, -0.2) is 12.4 Å². The Bertz CT molecular complexity index is 1260. The first-order chi connectivity index (χ1) is 12.6. The fourth-order valence-electron chi connectivity index (χ4n) is 2.65. The minimum absolute atomic E-state index is 0.0623. The lowest BCUT2D eigenvalue weighted by molar-refractivity contribution is 0.390. The van der Waals surface area contributed by atoms with E-state index in [1.165, 1.54) is 52.1 Å². The number of hydrogen-bond donors (Lipinski definition) is 0. The molecule has 27 heavy (non-hydrogen) atoms. The van der Waals surface area contributed by atoms with Crippen molar-refractivity contribution in [2.75, 3.05) is 0 Å². The smallest absolute Gasteiger partial charge is 0.289 e. The molecule has 0 unspecified atom stereocenters. The molecule has 3 aromatic heterocycles. The lowest BCUT2D eigenvalue weighted by atomic mass is 10.4. The SMILES string of the molecule is Cc1noc(C)c1S(=O)(=O)/N=c1\ccccn1S(=O)(=O)c1c(C)noc1C. The highest BCUT2D eigenvalue weighted by atomic mass is 32.2. The van der Waals surface area contributed by atoms with Crippen LogP contribution in [0.4, 0.5) is 0 Å². The lowest BCUT2D eigenvalue weighted by Gasteiger charge is -2.08. The summed E-state index contributed by atoms with van der Waals surface area (Å²) in [5.41, 5.74) is -0.0202. The van der Waals surface area contributed by atoms with Crippen LogP contribution in [0.3, 0.4) is 0 Å². The molecule has 3 heterocycles. The van der Waals surface area contributed by atoms with Crippen molar-refractivity contribution >= 4 is 20.0 Å². The Labute approximate surface area is 155 Å². The number of aryl methyl sites for hydroxylation is 4. The van der Waals surface area contributed by atoms with Crippen LogP contribution < -0.4 is 5.49 Å². The molecule has 0 atom stereocenters. The minimum atomic E-state index is -4.26. The number of pyridine rings is 1. The minimum Gasteiger partial charge on any atom is -0.360 e. The van der Waals surface area contributed by atoms with Gasteiger partial charge in [0.2, 0.25) is 0 Å². The van der Waals surface area contributed by atoms with Gasteiger partial charge in [-0.3, -0.25) is 0 Å². The van der Waals surface area contributed by atoms with E-state index in [0.717, 1.165) is 3.97 Å². The van der Waals surface area contributed by atoms with Crippen molar-refractivity contribution in [3.8, 4) is 0 Å². The highest BCUT2D eigenvalue weighted by Crippen LogP contribution is 2.22. The van der Waals surface area contributed by atoms with Gasteiger partial charge in [0, 0.05) is 6.20 Å². The zero-order valence-electron chi connectivity index (χ0n) is 14.9. The van der Waals surface area contributed by atoms with Crippen molar-refractivity contribution in [2.24, 2.45) is 4.40 Å². The van der Waals surface area contributed by atoms with Crippen LogP contribution in [0.1, 0.15) is 22.9 Å². The molecule has 0 aliphatic heterocycles. The Hall–Kier alpha value is -2.73. The summed E-state index contributed by atoms with van der Waals surface area (Å²) < 4.78 is 65.7. The normalized spacial score (nSPS) is 13.3. The van der Waals surface area contributed by atoms with E-state index >= 15 is 0 Å². The molecule has 0 saturated heterocycles. The highest BCUT2D eigenvalue weighted by Gasteiger charge is 2.28. The molecule has 0 N–H and O–H groups in total. The third kappa shape index (κ3) is 3.21. The second-order valence-corrected chi connectivity index (χ2v) is 9.03. The third-order valence-corrected chi connectivity index (χ3v) is 7.18. The van der Waals surface area contributed by atoms with E-state index in [1.54, 1.807) is 0 Å². The predicted molar refractivity (Wildman–Crippen MR) is 91.7 cm³/mol. The van der Waals surface area contributed by atoms with Gasteiger partial charge >= 0.3 is 0 Å². The first-order valence-corrected chi connectivity index (χ1v) is 10.5. The number of rotatable bonds is 4. The van der Waals surface area contributed by atoms with Crippen molar-refractivity contribution in [3.63, 3.8) is 0 Å². The summed E-state index contributed by atoms with van der Waals surface area (Å²) in [6.45, 7) is 5.82. The highest BCUT2D eigenvalue weighted by molar-refractivity contribution is 7.90. The largest absolute Gasteiger partial charge is 0.360 e. The predicted octanol–water partition coefficient (Wildman–Crippen LogP) is 1.22. The maximum absolute atomic E-state index is 13.0. The topological polar surface area (TPSA) is 138 Å². The van der Waals surface area contributed by atoms with E-state index in [-0.39, 0.29) is 38.2 Å². The number of nitrogens with zero attached hydrogens (tertiary/aromatic N) is 4. The summed E-state index contributed by atoms with van der Waals surface area (Å²) in [7, 11) is -8.44. The number of aromatic nitrogens is 3. The summed E-state index contributed by atoms with van der Waals surface area (Å²) in [4.78, 5) is -0.350. The average molecular weight is 412 g/mol. The Balaban J connectivity index is 2.29. The Morgan fingerprint density at radius 3 is 1.96 bits per heavy atom. The average Bonchev–Trinajstić information content (AvgIpc) is 3.09. The van der Waals surface area contributed by atoms with Crippen LogP contribution in [-0.4, -0.2) is 31.1 Å². The van der Waals surface area contributed by atoms with Crippen LogP contribution in [0.2, 0.25) is 0 Å². The Morgan fingerprint density at radius 2 is 1.44 bits per heavy atom.